The third-order valence-electron chi connectivity index (χ3n) is 2.57. The second kappa shape index (κ2) is 6.98. The fourth-order valence-corrected chi connectivity index (χ4v) is 2.28. The van der Waals surface area contributed by atoms with Crippen LogP contribution in [0.5, 0.6) is 0 Å². The van der Waals surface area contributed by atoms with E-state index in [0.717, 1.165) is 0 Å². The van der Waals surface area contributed by atoms with E-state index in [9.17, 15) is 13.6 Å². The van der Waals surface area contributed by atoms with Crippen molar-refractivity contribution >= 4 is 23.4 Å². The lowest BCUT2D eigenvalue weighted by molar-refractivity contribution is 0.0694. The number of carboxylic acids is 1. The predicted molar refractivity (Wildman–Crippen MR) is 74.6 cm³/mol. The molecule has 21 heavy (non-hydrogen) atoms. The number of halogens is 2. The van der Waals surface area contributed by atoms with E-state index >= 15 is 0 Å². The molecule has 0 radical (unpaired) electrons. The Kier molecular flexibility index (Phi) is 5.04. The molecule has 1 aromatic carbocycles. The van der Waals surface area contributed by atoms with E-state index in [0.29, 0.717) is 22.3 Å². The van der Waals surface area contributed by atoms with Gasteiger partial charge in [-0.15, -0.1) is 0 Å². The van der Waals surface area contributed by atoms with Gasteiger partial charge in [0.05, 0.1) is 12.2 Å². The van der Waals surface area contributed by atoms with E-state index < -0.39 is 11.7 Å². The normalized spacial score (nSPS) is 10.6. The van der Waals surface area contributed by atoms with Crippen LogP contribution in [0.2, 0.25) is 0 Å². The summed E-state index contributed by atoms with van der Waals surface area (Å²) in [5, 5.41) is 11.9. The van der Waals surface area contributed by atoms with Crippen molar-refractivity contribution in [2.45, 2.75) is 17.2 Å². The summed E-state index contributed by atoms with van der Waals surface area (Å²) in [6.07, 6.45) is 2.44. The zero-order valence-electron chi connectivity index (χ0n) is 10.7. The molecule has 110 valence electrons. The summed E-state index contributed by atoms with van der Waals surface area (Å²) in [6, 6.07) is 6.57. The number of thioether (sulfide) groups is 1. The maximum absolute atomic E-state index is 12.5. The lowest BCUT2D eigenvalue weighted by Crippen LogP contribution is -2.10. The molecule has 0 unspecified atom stereocenters. The summed E-state index contributed by atoms with van der Waals surface area (Å²) < 4.78 is 24.9. The molecule has 0 saturated carbocycles. The van der Waals surface area contributed by atoms with Crippen molar-refractivity contribution in [3.05, 3.63) is 48.0 Å². The molecule has 1 aromatic heterocycles. The summed E-state index contributed by atoms with van der Waals surface area (Å²) in [5.41, 5.74) is 0.760. The Hall–Kier alpha value is -2.22. The number of hydrogen-bond donors (Lipinski definition) is 2. The summed E-state index contributed by atoms with van der Waals surface area (Å²) in [4.78, 5) is 19.0. The number of anilines is 1. The lowest BCUT2D eigenvalue weighted by atomic mass is 10.2. The smallest absolute Gasteiger partial charge is 0.339 e. The van der Waals surface area contributed by atoms with Crippen LogP contribution in [0, 0.1) is 0 Å². The van der Waals surface area contributed by atoms with Gasteiger partial charge < -0.3 is 10.4 Å². The van der Waals surface area contributed by atoms with Crippen LogP contribution in [0.25, 0.3) is 0 Å². The summed E-state index contributed by atoms with van der Waals surface area (Å²) in [6.45, 7) is 0.102. The predicted octanol–water partition coefficient (Wildman–Crippen LogP) is 3.10. The quantitative estimate of drug-likeness (QED) is 0.799. The van der Waals surface area contributed by atoms with Crippen molar-refractivity contribution in [1.29, 1.82) is 0 Å². The van der Waals surface area contributed by atoms with Crippen molar-refractivity contribution < 1.29 is 18.7 Å². The van der Waals surface area contributed by atoms with Gasteiger partial charge in [0.2, 0.25) is 0 Å². The van der Waals surface area contributed by atoms with E-state index in [1.807, 2.05) is 0 Å². The van der Waals surface area contributed by atoms with Crippen molar-refractivity contribution in [2.75, 3.05) is 5.32 Å². The third-order valence-corrected chi connectivity index (χ3v) is 3.36. The molecule has 5 nitrogen and oxygen atoms in total. The van der Waals surface area contributed by atoms with Gasteiger partial charge in [0.25, 0.3) is 5.76 Å². The number of carboxylic acid groups (broad SMARTS) is 1. The average Bonchev–Trinajstić information content (AvgIpc) is 2.46. The number of aromatic carboxylic acids is 1. The van der Waals surface area contributed by atoms with E-state index in [-0.39, 0.29) is 17.8 Å². The SMILES string of the molecule is O=C(O)c1cncnc1CNc1ccccc1SC(F)F. The molecule has 0 atom stereocenters. The van der Waals surface area contributed by atoms with Crippen LogP contribution >= 0.6 is 11.8 Å². The molecular formula is C13H11F2N3O2S. The first-order valence-corrected chi connectivity index (χ1v) is 6.75. The number of alkyl halides is 2. The van der Waals surface area contributed by atoms with E-state index in [4.69, 9.17) is 5.11 Å². The molecule has 0 aliphatic carbocycles. The first kappa shape index (κ1) is 15.2. The second-order valence-electron chi connectivity index (χ2n) is 3.92. The largest absolute Gasteiger partial charge is 0.478 e. The van der Waals surface area contributed by atoms with Crippen LogP contribution < -0.4 is 5.32 Å². The van der Waals surface area contributed by atoms with Crippen LogP contribution in [-0.2, 0) is 6.54 Å². The molecule has 0 spiro atoms. The minimum atomic E-state index is -2.53. The van der Waals surface area contributed by atoms with E-state index in [1.54, 1.807) is 24.3 Å². The molecule has 2 aromatic rings. The molecule has 0 aliphatic heterocycles. The summed E-state index contributed by atoms with van der Waals surface area (Å²) >= 11 is 0.426. The Morgan fingerprint density at radius 3 is 2.86 bits per heavy atom. The Morgan fingerprint density at radius 2 is 2.14 bits per heavy atom. The Labute approximate surface area is 123 Å². The van der Waals surface area contributed by atoms with Gasteiger partial charge in [-0.05, 0) is 12.1 Å². The molecule has 0 amide bonds. The van der Waals surface area contributed by atoms with Gasteiger partial charge in [0.15, 0.2) is 0 Å². The van der Waals surface area contributed by atoms with E-state index in [2.05, 4.69) is 15.3 Å². The monoisotopic (exact) mass is 311 g/mol. The summed E-state index contributed by atoms with van der Waals surface area (Å²) in [7, 11) is 0. The van der Waals surface area contributed by atoms with Crippen LogP contribution in [0.15, 0.2) is 41.7 Å². The Bertz CT molecular complexity index is 640. The molecule has 0 bridgehead atoms. The first-order valence-electron chi connectivity index (χ1n) is 5.88. The van der Waals surface area contributed by atoms with E-state index in [1.165, 1.54) is 12.5 Å². The molecule has 0 saturated heterocycles. The molecular weight excluding hydrogens is 300 g/mol. The number of aromatic nitrogens is 2. The molecule has 0 fully saturated rings. The van der Waals surface area contributed by atoms with Crippen LogP contribution in [0.1, 0.15) is 16.1 Å². The number of benzene rings is 1. The van der Waals surface area contributed by atoms with Gasteiger partial charge in [0, 0.05) is 16.8 Å². The minimum Gasteiger partial charge on any atom is -0.478 e. The number of nitrogens with zero attached hydrogens (tertiary/aromatic N) is 2. The second-order valence-corrected chi connectivity index (χ2v) is 4.95. The number of carbonyl (C=O) groups is 1. The number of para-hydroxylation sites is 1. The van der Waals surface area contributed by atoms with Crippen molar-refractivity contribution in [3.63, 3.8) is 0 Å². The molecule has 2 rings (SSSR count). The van der Waals surface area contributed by atoms with Crippen molar-refractivity contribution in [1.82, 2.24) is 9.97 Å². The highest BCUT2D eigenvalue weighted by atomic mass is 32.2. The van der Waals surface area contributed by atoms with Gasteiger partial charge in [-0.3, -0.25) is 0 Å². The van der Waals surface area contributed by atoms with Crippen LogP contribution in [-0.4, -0.2) is 26.8 Å². The highest BCUT2D eigenvalue weighted by Crippen LogP contribution is 2.31. The number of rotatable bonds is 6. The van der Waals surface area contributed by atoms with Gasteiger partial charge in [-0.2, -0.15) is 8.78 Å². The highest BCUT2D eigenvalue weighted by molar-refractivity contribution is 7.99. The maximum atomic E-state index is 12.5. The summed E-state index contributed by atoms with van der Waals surface area (Å²) in [5.74, 6) is -3.66. The number of hydrogen-bond acceptors (Lipinski definition) is 5. The zero-order chi connectivity index (χ0) is 15.2. The van der Waals surface area contributed by atoms with Crippen molar-refractivity contribution in [2.24, 2.45) is 0 Å². The first-order chi connectivity index (χ1) is 10.1. The Balaban J connectivity index is 2.15. The van der Waals surface area contributed by atoms with Gasteiger partial charge in [-0.25, -0.2) is 14.8 Å². The van der Waals surface area contributed by atoms with Gasteiger partial charge in [-0.1, -0.05) is 23.9 Å². The standard InChI is InChI=1S/C13H11F2N3O2S/c14-13(15)21-11-4-2-1-3-9(11)17-6-10-8(12(19)20)5-16-7-18-10/h1-5,7,13,17H,6H2,(H,19,20). The van der Waals surface area contributed by atoms with Gasteiger partial charge in [0.1, 0.15) is 11.9 Å². The van der Waals surface area contributed by atoms with Crippen molar-refractivity contribution in [3.8, 4) is 0 Å². The number of nitrogens with one attached hydrogen (secondary N) is 1. The molecule has 0 aliphatic rings. The van der Waals surface area contributed by atoms with Crippen LogP contribution in [0.3, 0.4) is 0 Å². The average molecular weight is 311 g/mol. The lowest BCUT2D eigenvalue weighted by Gasteiger charge is -2.11. The molecule has 2 N–H and O–H groups in total. The minimum absolute atomic E-state index is 0.0241. The zero-order valence-corrected chi connectivity index (χ0v) is 11.5. The fourth-order valence-electron chi connectivity index (χ4n) is 1.66. The molecule has 8 heteroatoms. The highest BCUT2D eigenvalue weighted by Gasteiger charge is 2.13. The van der Waals surface area contributed by atoms with Gasteiger partial charge >= 0.3 is 5.97 Å². The third kappa shape index (κ3) is 4.12. The fraction of sp³-hybridized carbons (Fsp3) is 0.154. The van der Waals surface area contributed by atoms with Crippen LogP contribution in [0.4, 0.5) is 14.5 Å². The molecule has 1 heterocycles. The maximum Gasteiger partial charge on any atom is 0.339 e. The Morgan fingerprint density at radius 1 is 1.38 bits per heavy atom. The topological polar surface area (TPSA) is 75.1 Å².